The zero-order chi connectivity index (χ0) is 16.8. The lowest BCUT2D eigenvalue weighted by Gasteiger charge is -2.13. The predicted octanol–water partition coefficient (Wildman–Crippen LogP) is 3.45. The fourth-order valence-corrected chi connectivity index (χ4v) is 2.35. The van der Waals surface area contributed by atoms with Crippen molar-refractivity contribution in [3.05, 3.63) is 53.8 Å². The number of nitrogens with two attached hydrogens (primary N) is 1. The summed E-state index contributed by atoms with van der Waals surface area (Å²) in [7, 11) is 1.42. The summed E-state index contributed by atoms with van der Waals surface area (Å²) in [6.07, 6.45) is 0.0812. The summed E-state index contributed by atoms with van der Waals surface area (Å²) in [6.45, 7) is 2.07. The van der Waals surface area contributed by atoms with Crippen molar-refractivity contribution in [3.8, 4) is 16.9 Å². The van der Waals surface area contributed by atoms with Gasteiger partial charge in [0.25, 0.3) is 0 Å². The van der Waals surface area contributed by atoms with Crippen LogP contribution in [0.1, 0.15) is 24.9 Å². The number of carbonyl (C=O) groups excluding carboxylic acids is 1. The molecule has 0 saturated carbocycles. The first-order valence-electron chi connectivity index (χ1n) is 7.40. The Balaban J connectivity index is 2.28. The summed E-state index contributed by atoms with van der Waals surface area (Å²) in [5.41, 5.74) is 7.90. The third kappa shape index (κ3) is 4.07. The van der Waals surface area contributed by atoms with Crippen LogP contribution in [0.25, 0.3) is 11.1 Å². The highest BCUT2D eigenvalue weighted by atomic mass is 19.1. The molecule has 1 atom stereocenters. The molecule has 0 radical (unpaired) electrons. The van der Waals surface area contributed by atoms with Gasteiger partial charge < -0.3 is 15.2 Å². The average molecular weight is 317 g/mol. The van der Waals surface area contributed by atoms with Crippen LogP contribution in [0.15, 0.2) is 42.5 Å². The fourth-order valence-electron chi connectivity index (χ4n) is 2.35. The van der Waals surface area contributed by atoms with Crippen LogP contribution in [0.2, 0.25) is 0 Å². The summed E-state index contributed by atoms with van der Waals surface area (Å²) in [5.74, 6) is -0.590. The topological polar surface area (TPSA) is 61.5 Å². The number of methoxy groups -OCH3 is 1. The van der Waals surface area contributed by atoms with Crippen LogP contribution in [-0.4, -0.2) is 19.7 Å². The first kappa shape index (κ1) is 17.0. The van der Waals surface area contributed by atoms with Crippen molar-refractivity contribution in [2.75, 3.05) is 13.7 Å². The Morgan fingerprint density at radius 2 is 2.00 bits per heavy atom. The van der Waals surface area contributed by atoms with Crippen molar-refractivity contribution < 1.29 is 18.7 Å². The van der Waals surface area contributed by atoms with E-state index in [1.165, 1.54) is 7.11 Å². The summed E-state index contributed by atoms with van der Waals surface area (Å²) in [4.78, 5) is 11.5. The average Bonchev–Trinajstić information content (AvgIpc) is 2.55. The minimum atomic E-state index is -0.498. The van der Waals surface area contributed by atoms with Crippen molar-refractivity contribution >= 4 is 5.97 Å². The molecular formula is C18H20FNO3. The number of carbonyl (C=O) groups is 1. The molecule has 2 aromatic carbocycles. The second kappa shape index (κ2) is 7.74. The molecule has 0 amide bonds. The second-order valence-electron chi connectivity index (χ2n) is 5.06. The standard InChI is InChI=1S/C18H20FNO3/c1-3-23-17(21)11-15(20)13-7-4-6-12(10-13)14-8-5-9-16(22-2)18(14)19/h4-10,15H,3,11,20H2,1-2H3/t15-/m0/s1. The van der Waals surface area contributed by atoms with Crippen molar-refractivity contribution in [2.24, 2.45) is 5.73 Å². The summed E-state index contributed by atoms with van der Waals surface area (Å²) >= 11 is 0. The molecule has 0 unspecified atom stereocenters. The van der Waals surface area contributed by atoms with Crippen molar-refractivity contribution in [2.45, 2.75) is 19.4 Å². The van der Waals surface area contributed by atoms with Gasteiger partial charge in [0.05, 0.1) is 20.1 Å². The molecule has 0 fully saturated rings. The fraction of sp³-hybridized carbons (Fsp3) is 0.278. The molecule has 0 heterocycles. The van der Waals surface area contributed by atoms with Gasteiger partial charge in [-0.3, -0.25) is 4.79 Å². The maximum atomic E-state index is 14.4. The molecule has 0 aliphatic heterocycles. The van der Waals surface area contributed by atoms with Crippen LogP contribution >= 0.6 is 0 Å². The van der Waals surface area contributed by atoms with E-state index in [0.717, 1.165) is 5.56 Å². The Labute approximate surface area is 135 Å². The highest BCUT2D eigenvalue weighted by Gasteiger charge is 2.15. The lowest BCUT2D eigenvalue weighted by Crippen LogP contribution is -2.17. The van der Waals surface area contributed by atoms with E-state index in [4.69, 9.17) is 15.2 Å². The van der Waals surface area contributed by atoms with Crippen LogP contribution in [0.3, 0.4) is 0 Å². The highest BCUT2D eigenvalue weighted by Crippen LogP contribution is 2.30. The number of esters is 1. The van der Waals surface area contributed by atoms with Gasteiger partial charge in [-0.05, 0) is 30.2 Å². The van der Waals surface area contributed by atoms with E-state index in [0.29, 0.717) is 17.7 Å². The van der Waals surface area contributed by atoms with Gasteiger partial charge in [-0.1, -0.05) is 30.3 Å². The van der Waals surface area contributed by atoms with Crippen LogP contribution in [0.4, 0.5) is 4.39 Å². The Morgan fingerprint density at radius 3 is 2.70 bits per heavy atom. The number of hydrogen-bond acceptors (Lipinski definition) is 4. The lowest BCUT2D eigenvalue weighted by molar-refractivity contribution is -0.143. The smallest absolute Gasteiger partial charge is 0.307 e. The molecule has 0 aliphatic carbocycles. The van der Waals surface area contributed by atoms with Gasteiger partial charge in [0.15, 0.2) is 11.6 Å². The zero-order valence-electron chi connectivity index (χ0n) is 13.2. The number of ether oxygens (including phenoxy) is 2. The number of hydrogen-bond donors (Lipinski definition) is 1. The van der Waals surface area contributed by atoms with Crippen molar-refractivity contribution in [1.29, 1.82) is 0 Å². The van der Waals surface area contributed by atoms with E-state index < -0.39 is 11.9 Å². The molecule has 0 aliphatic rings. The van der Waals surface area contributed by atoms with Crippen LogP contribution in [-0.2, 0) is 9.53 Å². The van der Waals surface area contributed by atoms with E-state index >= 15 is 0 Å². The highest BCUT2D eigenvalue weighted by molar-refractivity contribution is 5.71. The normalized spacial score (nSPS) is 11.8. The van der Waals surface area contributed by atoms with Crippen molar-refractivity contribution in [1.82, 2.24) is 0 Å². The molecule has 0 saturated heterocycles. The van der Waals surface area contributed by atoms with Gasteiger partial charge in [0.1, 0.15) is 0 Å². The Bertz CT molecular complexity index is 688. The lowest BCUT2D eigenvalue weighted by atomic mass is 9.98. The summed E-state index contributed by atoms with van der Waals surface area (Å²) in [6, 6.07) is 11.6. The molecule has 0 aromatic heterocycles. The molecule has 122 valence electrons. The largest absolute Gasteiger partial charge is 0.494 e. The van der Waals surface area contributed by atoms with Gasteiger partial charge in [-0.15, -0.1) is 0 Å². The maximum absolute atomic E-state index is 14.4. The molecule has 5 heteroatoms. The van der Waals surface area contributed by atoms with E-state index in [-0.39, 0.29) is 18.1 Å². The van der Waals surface area contributed by atoms with Gasteiger partial charge in [-0.2, -0.15) is 0 Å². The van der Waals surface area contributed by atoms with E-state index in [1.54, 1.807) is 43.3 Å². The Hall–Kier alpha value is -2.40. The third-order valence-electron chi connectivity index (χ3n) is 3.50. The first-order chi connectivity index (χ1) is 11.1. The van der Waals surface area contributed by atoms with E-state index in [2.05, 4.69) is 0 Å². The molecule has 0 spiro atoms. The summed E-state index contributed by atoms with van der Waals surface area (Å²) in [5, 5.41) is 0. The SMILES string of the molecule is CCOC(=O)C[C@H](N)c1cccc(-c2cccc(OC)c2F)c1. The first-order valence-corrected chi connectivity index (χ1v) is 7.40. The van der Waals surface area contributed by atoms with E-state index in [1.807, 2.05) is 6.07 Å². The molecule has 0 bridgehead atoms. The van der Waals surface area contributed by atoms with Crippen LogP contribution in [0, 0.1) is 5.82 Å². The van der Waals surface area contributed by atoms with Gasteiger partial charge in [0, 0.05) is 11.6 Å². The molecule has 4 nitrogen and oxygen atoms in total. The minimum absolute atomic E-state index is 0.0812. The second-order valence-corrected chi connectivity index (χ2v) is 5.06. The van der Waals surface area contributed by atoms with Crippen molar-refractivity contribution in [3.63, 3.8) is 0 Å². The number of rotatable bonds is 6. The third-order valence-corrected chi connectivity index (χ3v) is 3.50. The monoisotopic (exact) mass is 317 g/mol. The van der Waals surface area contributed by atoms with Gasteiger partial charge in [-0.25, -0.2) is 4.39 Å². The zero-order valence-corrected chi connectivity index (χ0v) is 13.2. The predicted molar refractivity (Wildman–Crippen MR) is 86.6 cm³/mol. The summed E-state index contributed by atoms with van der Waals surface area (Å²) < 4.78 is 24.3. The molecule has 2 rings (SSSR count). The Kier molecular flexibility index (Phi) is 5.71. The van der Waals surface area contributed by atoms with E-state index in [9.17, 15) is 9.18 Å². The number of halogens is 1. The van der Waals surface area contributed by atoms with Gasteiger partial charge in [0.2, 0.25) is 0 Å². The quantitative estimate of drug-likeness (QED) is 0.829. The van der Waals surface area contributed by atoms with Crippen LogP contribution < -0.4 is 10.5 Å². The molecule has 2 aromatic rings. The maximum Gasteiger partial charge on any atom is 0.307 e. The van der Waals surface area contributed by atoms with Crippen LogP contribution in [0.5, 0.6) is 5.75 Å². The minimum Gasteiger partial charge on any atom is -0.494 e. The molecule has 2 N–H and O–H groups in total. The molecule has 23 heavy (non-hydrogen) atoms. The number of benzene rings is 2. The Morgan fingerprint density at radius 1 is 1.26 bits per heavy atom. The van der Waals surface area contributed by atoms with Gasteiger partial charge >= 0.3 is 5.97 Å². The molecular weight excluding hydrogens is 297 g/mol.